The number of nitrogens with two attached hydrogens (primary N) is 1. The molecule has 0 saturated heterocycles. The Kier molecular flexibility index (Phi) is 6.53. The highest BCUT2D eigenvalue weighted by atomic mass is 28.4. The van der Waals surface area contributed by atoms with Crippen LogP contribution >= 0.6 is 0 Å². The molecule has 0 aliphatic heterocycles. The third-order valence-electron chi connectivity index (χ3n) is 1.66. The van der Waals surface area contributed by atoms with Crippen molar-refractivity contribution in [1.82, 2.24) is 0 Å². The number of aliphatic hydroxyl groups is 1. The average Bonchev–Trinajstić information content (AvgIpc) is 2.01. The van der Waals surface area contributed by atoms with Crippen LogP contribution in [0.3, 0.4) is 0 Å². The molecule has 5 heteroatoms. The molecule has 0 aliphatic rings. The van der Waals surface area contributed by atoms with Gasteiger partial charge in [-0.3, -0.25) is 0 Å². The lowest BCUT2D eigenvalue weighted by molar-refractivity contribution is 0.0414. The van der Waals surface area contributed by atoms with E-state index >= 15 is 0 Å². The summed E-state index contributed by atoms with van der Waals surface area (Å²) in [4.78, 5) is 9.49. The van der Waals surface area contributed by atoms with Gasteiger partial charge in [-0.25, -0.2) is 0 Å². The number of hydrogen-bond acceptors (Lipinski definition) is 4. The van der Waals surface area contributed by atoms with Gasteiger partial charge in [0, 0.05) is 13.2 Å². The Labute approximate surface area is 80.8 Å². The van der Waals surface area contributed by atoms with Crippen molar-refractivity contribution in [2.75, 3.05) is 19.8 Å². The lowest BCUT2D eigenvalue weighted by Gasteiger charge is -2.14. The van der Waals surface area contributed by atoms with E-state index in [4.69, 9.17) is 15.6 Å². The lowest BCUT2D eigenvalue weighted by atomic mass is 10.4. The summed E-state index contributed by atoms with van der Waals surface area (Å²) in [6.07, 6.45) is 0.298. The van der Waals surface area contributed by atoms with Gasteiger partial charge in [0.25, 0.3) is 0 Å². The molecule has 0 heterocycles. The maximum Gasteiger partial charge on any atom is 0.182 e. The first-order chi connectivity index (χ1) is 5.95. The summed E-state index contributed by atoms with van der Waals surface area (Å²) in [5.74, 6) is 0. The predicted molar refractivity (Wildman–Crippen MR) is 55.0 cm³/mol. The smallest absolute Gasteiger partial charge is 0.182 e. The Morgan fingerprint density at radius 2 is 2.08 bits per heavy atom. The number of aliphatic hydroxyl groups excluding tert-OH is 1. The van der Waals surface area contributed by atoms with Crippen molar-refractivity contribution in [1.29, 1.82) is 0 Å². The minimum Gasteiger partial charge on any atom is -0.432 e. The highest BCUT2D eigenvalue weighted by molar-refractivity contribution is 6.69. The van der Waals surface area contributed by atoms with Crippen LogP contribution in [-0.2, 0) is 4.74 Å². The third-order valence-corrected chi connectivity index (χ3v) is 3.24. The molecule has 1 atom stereocenters. The average molecular weight is 207 g/mol. The van der Waals surface area contributed by atoms with Crippen molar-refractivity contribution in [2.24, 2.45) is 5.73 Å². The molecule has 1 unspecified atom stereocenters. The molecular weight excluding hydrogens is 186 g/mol. The SMILES string of the molecule is C[Si](C)(O)CCCOCC(O)CN. The van der Waals surface area contributed by atoms with Crippen molar-refractivity contribution >= 4 is 8.32 Å². The van der Waals surface area contributed by atoms with E-state index in [1.165, 1.54) is 0 Å². The fourth-order valence-corrected chi connectivity index (χ4v) is 1.90. The molecule has 0 bridgehead atoms. The maximum absolute atomic E-state index is 9.49. The second kappa shape index (κ2) is 6.50. The molecule has 4 nitrogen and oxygen atoms in total. The van der Waals surface area contributed by atoms with E-state index in [1.54, 1.807) is 0 Å². The van der Waals surface area contributed by atoms with Gasteiger partial charge in [0.05, 0.1) is 12.7 Å². The summed E-state index contributed by atoms with van der Waals surface area (Å²) in [6.45, 7) is 4.93. The van der Waals surface area contributed by atoms with Crippen LogP contribution in [0.15, 0.2) is 0 Å². The summed E-state index contributed by atoms with van der Waals surface area (Å²) >= 11 is 0. The van der Waals surface area contributed by atoms with E-state index < -0.39 is 14.4 Å². The van der Waals surface area contributed by atoms with Crippen LogP contribution < -0.4 is 5.73 Å². The largest absolute Gasteiger partial charge is 0.432 e. The molecule has 0 aromatic carbocycles. The summed E-state index contributed by atoms with van der Waals surface area (Å²) < 4.78 is 5.16. The number of rotatable bonds is 7. The van der Waals surface area contributed by atoms with Crippen LogP contribution in [0.25, 0.3) is 0 Å². The third kappa shape index (κ3) is 9.97. The molecule has 0 radical (unpaired) electrons. The van der Waals surface area contributed by atoms with Crippen LogP contribution in [0.2, 0.25) is 19.1 Å². The first-order valence-electron chi connectivity index (χ1n) is 4.64. The van der Waals surface area contributed by atoms with Gasteiger partial charge in [0.15, 0.2) is 8.32 Å². The predicted octanol–water partition coefficient (Wildman–Crippen LogP) is -0.0899. The first kappa shape index (κ1) is 13.1. The molecule has 4 N–H and O–H groups in total. The van der Waals surface area contributed by atoms with Crippen LogP contribution in [0, 0.1) is 0 Å². The van der Waals surface area contributed by atoms with Crippen LogP contribution in [0.1, 0.15) is 6.42 Å². The highest BCUT2D eigenvalue weighted by Crippen LogP contribution is 2.07. The molecule has 0 saturated carbocycles. The molecule has 80 valence electrons. The van der Waals surface area contributed by atoms with Gasteiger partial charge in [0.1, 0.15) is 0 Å². The Bertz CT molecular complexity index is 127. The summed E-state index contributed by atoms with van der Waals surface area (Å²) in [5.41, 5.74) is 5.19. The molecule has 0 aromatic heterocycles. The van der Waals surface area contributed by atoms with E-state index in [-0.39, 0.29) is 6.54 Å². The topological polar surface area (TPSA) is 75.7 Å². The molecule has 0 fully saturated rings. The van der Waals surface area contributed by atoms with Gasteiger partial charge in [0.2, 0.25) is 0 Å². The Hall–Kier alpha value is 0.0569. The summed E-state index contributed by atoms with van der Waals surface area (Å²) in [7, 11) is -1.91. The van der Waals surface area contributed by atoms with Crippen LogP contribution in [0.5, 0.6) is 0 Å². The molecule has 13 heavy (non-hydrogen) atoms. The Morgan fingerprint density at radius 3 is 2.54 bits per heavy atom. The Balaban J connectivity index is 3.18. The van der Waals surface area contributed by atoms with Gasteiger partial charge in [-0.15, -0.1) is 0 Å². The molecule has 0 spiro atoms. The summed E-state index contributed by atoms with van der Waals surface area (Å²) in [6, 6.07) is 0.839. The lowest BCUT2D eigenvalue weighted by Crippen LogP contribution is -2.27. The van der Waals surface area contributed by atoms with E-state index in [0.717, 1.165) is 12.5 Å². The molecule has 0 aromatic rings. The van der Waals surface area contributed by atoms with Crippen LogP contribution in [-0.4, -0.2) is 44.1 Å². The minimum absolute atomic E-state index is 0.236. The maximum atomic E-state index is 9.49. The first-order valence-corrected chi connectivity index (χ1v) is 7.79. The quantitative estimate of drug-likeness (QED) is 0.403. The minimum atomic E-state index is -1.91. The van der Waals surface area contributed by atoms with Gasteiger partial charge in [-0.1, -0.05) is 0 Å². The second-order valence-electron chi connectivity index (χ2n) is 3.88. The zero-order chi connectivity index (χ0) is 10.3. The summed E-state index contributed by atoms with van der Waals surface area (Å²) in [5, 5.41) is 9.03. The molecule has 0 rings (SSSR count). The van der Waals surface area contributed by atoms with E-state index in [2.05, 4.69) is 0 Å². The molecular formula is C8H21NO3Si. The van der Waals surface area contributed by atoms with Crippen LogP contribution in [0.4, 0.5) is 0 Å². The number of hydrogen-bond donors (Lipinski definition) is 3. The Morgan fingerprint density at radius 1 is 1.46 bits per heavy atom. The molecule has 0 aliphatic carbocycles. The van der Waals surface area contributed by atoms with Gasteiger partial charge >= 0.3 is 0 Å². The van der Waals surface area contributed by atoms with Gasteiger partial charge < -0.3 is 20.4 Å². The van der Waals surface area contributed by atoms with Gasteiger partial charge in [-0.2, -0.15) is 0 Å². The van der Waals surface area contributed by atoms with Crippen molar-refractivity contribution in [2.45, 2.75) is 31.7 Å². The van der Waals surface area contributed by atoms with Gasteiger partial charge in [-0.05, 0) is 25.6 Å². The van der Waals surface area contributed by atoms with Crippen molar-refractivity contribution in [3.8, 4) is 0 Å². The standard InChI is InChI=1S/C8H21NO3Si/c1-13(2,11)5-3-4-12-7-8(10)6-9/h8,10-11H,3-7,9H2,1-2H3. The van der Waals surface area contributed by atoms with E-state index in [9.17, 15) is 4.80 Å². The van der Waals surface area contributed by atoms with Crippen molar-refractivity contribution in [3.63, 3.8) is 0 Å². The van der Waals surface area contributed by atoms with E-state index in [1.807, 2.05) is 13.1 Å². The van der Waals surface area contributed by atoms with Crippen molar-refractivity contribution < 1.29 is 14.6 Å². The number of ether oxygens (including phenoxy) is 1. The molecule has 0 amide bonds. The monoisotopic (exact) mass is 207 g/mol. The fraction of sp³-hybridized carbons (Fsp3) is 1.00. The zero-order valence-electron chi connectivity index (χ0n) is 8.49. The van der Waals surface area contributed by atoms with Crippen molar-refractivity contribution in [3.05, 3.63) is 0 Å². The second-order valence-corrected chi connectivity index (χ2v) is 8.01. The fourth-order valence-electron chi connectivity index (χ4n) is 0.894. The van der Waals surface area contributed by atoms with E-state index in [0.29, 0.717) is 13.2 Å². The zero-order valence-corrected chi connectivity index (χ0v) is 9.49. The highest BCUT2D eigenvalue weighted by Gasteiger charge is 2.15. The normalized spacial score (nSPS) is 14.5.